The second kappa shape index (κ2) is 21.1. The lowest BCUT2D eigenvalue weighted by Crippen LogP contribution is -2.62. The highest BCUT2D eigenvalue weighted by Crippen LogP contribution is 2.45. The van der Waals surface area contributed by atoms with Crippen molar-refractivity contribution in [3.05, 3.63) is 86.0 Å². The SMILES string of the molecule is Cc1cc(O)c2c(c1O)C(=O)c1c(O)cc(C)c(O)c1C2=O.O=C(CC[N+](=O)[O-])OCC1OC(O)C(OC(=O)CC[N+](=O)[O-])C(OC(=O)CC[N+](=O)[O-])C1OC(=O)CC[N+](=O)[O-]. The van der Waals surface area contributed by atoms with Crippen LogP contribution >= 0.6 is 0 Å². The number of aliphatic hydroxyl groups is 1. The Kier molecular flexibility index (Phi) is 16.6. The summed E-state index contributed by atoms with van der Waals surface area (Å²) in [6.45, 7) is -1.52. The molecule has 4 rings (SSSR count). The monoisotopic (exact) mass is 884 g/mol. The van der Waals surface area contributed by atoms with E-state index < -0.39 is 167 Å². The Hall–Kier alpha value is -7.62. The summed E-state index contributed by atoms with van der Waals surface area (Å²) in [5.74, 6) is -8.51. The summed E-state index contributed by atoms with van der Waals surface area (Å²) in [6.07, 6.45) is -13.2. The normalized spacial score (nSPS) is 18.7. The van der Waals surface area contributed by atoms with E-state index >= 15 is 0 Å². The number of aliphatic hydroxyl groups excluding tert-OH is 1. The number of carbonyl (C=O) groups is 6. The molecule has 0 aromatic heterocycles. The van der Waals surface area contributed by atoms with Crippen LogP contribution in [0.3, 0.4) is 0 Å². The van der Waals surface area contributed by atoms with E-state index in [0.717, 1.165) is 12.1 Å². The van der Waals surface area contributed by atoms with Gasteiger partial charge in [-0.25, -0.2) is 0 Å². The number of phenols is 4. The number of hydrogen-bond donors (Lipinski definition) is 5. The van der Waals surface area contributed by atoms with Gasteiger partial charge in [-0.05, 0) is 37.1 Å². The molecule has 28 heteroatoms. The molecular formula is C34H36N4O24. The smallest absolute Gasteiger partial charge is 0.313 e. The van der Waals surface area contributed by atoms with Crippen molar-refractivity contribution in [3.8, 4) is 23.0 Å². The Balaban J connectivity index is 0.000000387. The highest BCUT2D eigenvalue weighted by Gasteiger charge is 2.52. The Morgan fingerprint density at radius 3 is 1.29 bits per heavy atom. The molecule has 5 unspecified atom stereocenters. The fourth-order valence-electron chi connectivity index (χ4n) is 5.77. The molecule has 1 fully saturated rings. The predicted octanol–water partition coefficient (Wildman–Crippen LogP) is -0.449. The van der Waals surface area contributed by atoms with Crippen LogP contribution in [0.4, 0.5) is 0 Å². The fraction of sp³-hybridized carbons (Fsp3) is 0.471. The van der Waals surface area contributed by atoms with Gasteiger partial charge in [0.1, 0.15) is 61.4 Å². The molecular weight excluding hydrogens is 848 g/mol. The van der Waals surface area contributed by atoms with Crippen molar-refractivity contribution in [2.45, 2.75) is 70.2 Å². The van der Waals surface area contributed by atoms with E-state index in [1.807, 2.05) is 0 Å². The Labute approximate surface area is 345 Å². The van der Waals surface area contributed by atoms with Crippen LogP contribution in [0.2, 0.25) is 0 Å². The van der Waals surface area contributed by atoms with Gasteiger partial charge in [-0.2, -0.15) is 0 Å². The summed E-state index contributed by atoms with van der Waals surface area (Å²) in [4.78, 5) is 112. The first-order valence-electron chi connectivity index (χ1n) is 17.7. The van der Waals surface area contributed by atoms with Crippen LogP contribution in [-0.2, 0) is 42.9 Å². The Morgan fingerprint density at radius 1 is 0.581 bits per heavy atom. The molecule has 62 heavy (non-hydrogen) atoms. The van der Waals surface area contributed by atoms with Gasteiger partial charge < -0.3 is 49.2 Å². The highest BCUT2D eigenvalue weighted by molar-refractivity contribution is 6.32. The molecule has 1 saturated heterocycles. The van der Waals surface area contributed by atoms with Crippen LogP contribution < -0.4 is 0 Å². The molecule has 0 saturated carbocycles. The number of benzene rings is 2. The summed E-state index contributed by atoms with van der Waals surface area (Å²) >= 11 is 0. The molecule has 2 aromatic carbocycles. The number of fused-ring (bicyclic) bond motifs is 2. The summed E-state index contributed by atoms with van der Waals surface area (Å²) in [5.41, 5.74) is -1.04. The van der Waals surface area contributed by atoms with E-state index in [0.29, 0.717) is 0 Å². The lowest BCUT2D eigenvalue weighted by Gasteiger charge is -2.42. The van der Waals surface area contributed by atoms with Crippen molar-refractivity contribution < 1.29 is 97.7 Å². The lowest BCUT2D eigenvalue weighted by atomic mass is 9.80. The number of esters is 4. The van der Waals surface area contributed by atoms with Crippen LogP contribution in [0.5, 0.6) is 23.0 Å². The second-order valence-corrected chi connectivity index (χ2v) is 13.1. The summed E-state index contributed by atoms with van der Waals surface area (Å²) < 4.78 is 25.1. The Morgan fingerprint density at radius 2 is 0.919 bits per heavy atom. The summed E-state index contributed by atoms with van der Waals surface area (Å²) in [5, 5.41) is 92.8. The lowest BCUT2D eigenvalue weighted by molar-refractivity contribution is -0.479. The number of aromatic hydroxyl groups is 4. The number of nitrogens with zero attached hydrogens (tertiary/aromatic N) is 4. The second-order valence-electron chi connectivity index (χ2n) is 13.1. The van der Waals surface area contributed by atoms with E-state index in [2.05, 4.69) is 0 Å². The molecule has 2 aromatic rings. The molecule has 336 valence electrons. The van der Waals surface area contributed by atoms with Crippen LogP contribution in [0.25, 0.3) is 0 Å². The minimum absolute atomic E-state index is 0.219. The van der Waals surface area contributed by atoms with Gasteiger partial charge in [0.25, 0.3) is 0 Å². The molecule has 0 spiro atoms. The Bertz CT molecular complexity index is 2100. The zero-order chi connectivity index (χ0) is 46.7. The van der Waals surface area contributed by atoms with Gasteiger partial charge in [-0.1, -0.05) is 0 Å². The van der Waals surface area contributed by atoms with Crippen LogP contribution in [0.1, 0.15) is 68.7 Å². The van der Waals surface area contributed by atoms with E-state index in [1.165, 1.54) is 13.8 Å². The van der Waals surface area contributed by atoms with E-state index in [-0.39, 0.29) is 33.4 Å². The van der Waals surface area contributed by atoms with Gasteiger partial charge in [0.2, 0.25) is 37.7 Å². The van der Waals surface area contributed by atoms with Gasteiger partial charge in [0.15, 0.2) is 24.6 Å². The van der Waals surface area contributed by atoms with Crippen molar-refractivity contribution in [1.29, 1.82) is 0 Å². The number of aryl methyl sites for hydroxylation is 2. The van der Waals surface area contributed by atoms with E-state index in [1.54, 1.807) is 0 Å². The van der Waals surface area contributed by atoms with Gasteiger partial charge in [-0.15, -0.1) is 0 Å². The fourth-order valence-corrected chi connectivity index (χ4v) is 5.77. The molecule has 1 aliphatic carbocycles. The standard InChI is InChI=1S/C18H24N4O18.C16H12O6/c23-11(1-5-19(28)29)36-9-10-15(38-12(24)2-6-20(30)31)16(39-13(25)3-7-21(32)33)17(18(27)37-10)40-14(26)4-8-22(34)35;1-5-3-7(17)9-11(13(5)19)15(21)10-8(18)4-6(2)14(20)12(10)16(9)22/h10,15-18,27H,1-9H2;3-4,17-20H,1-2H3. The highest BCUT2D eigenvalue weighted by atomic mass is 16.7. The summed E-state index contributed by atoms with van der Waals surface area (Å²) in [7, 11) is 0. The average Bonchev–Trinajstić information content (AvgIpc) is 3.18. The molecule has 28 nitrogen and oxygen atoms in total. The molecule has 1 heterocycles. The first kappa shape index (κ1) is 48.7. The van der Waals surface area contributed by atoms with Crippen LogP contribution in [0, 0.1) is 54.3 Å². The maximum absolute atomic E-state index is 12.6. The van der Waals surface area contributed by atoms with E-state index in [4.69, 9.17) is 23.7 Å². The van der Waals surface area contributed by atoms with Crippen molar-refractivity contribution in [2.75, 3.05) is 32.8 Å². The van der Waals surface area contributed by atoms with Gasteiger partial charge in [-0.3, -0.25) is 69.2 Å². The minimum atomic E-state index is -2.22. The van der Waals surface area contributed by atoms with Crippen molar-refractivity contribution in [3.63, 3.8) is 0 Å². The largest absolute Gasteiger partial charge is 0.507 e. The van der Waals surface area contributed by atoms with Crippen LogP contribution in [0.15, 0.2) is 12.1 Å². The van der Waals surface area contributed by atoms with Gasteiger partial charge >= 0.3 is 23.9 Å². The number of nitro groups is 4. The molecule has 5 N–H and O–H groups in total. The minimum Gasteiger partial charge on any atom is -0.507 e. The molecule has 0 amide bonds. The van der Waals surface area contributed by atoms with Crippen molar-refractivity contribution >= 4 is 35.4 Å². The zero-order valence-corrected chi connectivity index (χ0v) is 32.2. The van der Waals surface area contributed by atoms with E-state index in [9.17, 15) is 94.8 Å². The number of ether oxygens (including phenoxy) is 5. The first-order chi connectivity index (χ1) is 28.9. The van der Waals surface area contributed by atoms with Gasteiger partial charge in [0.05, 0.1) is 22.3 Å². The predicted molar refractivity (Wildman–Crippen MR) is 193 cm³/mol. The third kappa shape index (κ3) is 12.5. The number of hydrogen-bond acceptors (Lipinski definition) is 24. The molecule has 1 aliphatic heterocycles. The van der Waals surface area contributed by atoms with Gasteiger partial charge in [0, 0.05) is 19.7 Å². The maximum Gasteiger partial charge on any atom is 0.313 e. The molecule has 5 atom stereocenters. The number of phenolic OH excluding ortho intramolecular Hbond substituents is 4. The number of carbonyl (C=O) groups excluding carboxylic acids is 6. The number of rotatable bonds is 17. The van der Waals surface area contributed by atoms with Crippen LogP contribution in [-0.4, -0.2) is 144 Å². The zero-order valence-electron chi connectivity index (χ0n) is 32.2. The average molecular weight is 885 g/mol. The third-order valence-electron chi connectivity index (χ3n) is 8.66. The molecule has 0 radical (unpaired) electrons. The molecule has 2 aliphatic rings. The summed E-state index contributed by atoms with van der Waals surface area (Å²) in [6, 6.07) is 2.33. The number of ketones is 2. The molecule has 0 bridgehead atoms. The third-order valence-corrected chi connectivity index (χ3v) is 8.66. The first-order valence-corrected chi connectivity index (χ1v) is 17.7. The van der Waals surface area contributed by atoms with Crippen molar-refractivity contribution in [1.82, 2.24) is 0 Å². The van der Waals surface area contributed by atoms with Crippen molar-refractivity contribution in [2.24, 2.45) is 0 Å². The maximum atomic E-state index is 12.6. The topological polar surface area (TPSA) is 422 Å². The quantitative estimate of drug-likeness (QED) is 0.0377.